The molecule has 0 aromatic carbocycles. The number of hydrogen-bond donors (Lipinski definition) is 0. The molecule has 6 heteroatoms. The number of unbranched alkanes of at least 4 members (excludes halogenated alkanes) is 12. The molecule has 4 aromatic rings. The highest BCUT2D eigenvalue weighted by Gasteiger charge is 2.21. The van der Waals surface area contributed by atoms with Gasteiger partial charge in [0, 0.05) is 29.3 Å². The smallest absolute Gasteiger partial charge is 0.0737 e. The van der Waals surface area contributed by atoms with E-state index >= 15 is 0 Å². The van der Waals surface area contributed by atoms with E-state index in [4.69, 9.17) is 0 Å². The van der Waals surface area contributed by atoms with Gasteiger partial charge in [-0.1, -0.05) is 105 Å². The molecule has 0 atom stereocenters. The monoisotopic (exact) mass is 822 g/mol. The lowest BCUT2D eigenvalue weighted by molar-refractivity contribution is 0.667. The summed E-state index contributed by atoms with van der Waals surface area (Å²) in [6.07, 6.45) is 25.8. The average molecular weight is 825 g/mol. The third kappa shape index (κ3) is 11.4. The molecule has 4 aromatic heterocycles. The van der Waals surface area contributed by atoms with Crippen molar-refractivity contribution in [2.45, 2.75) is 156 Å². The Morgan fingerprint density at radius 1 is 0.391 bits per heavy atom. The van der Waals surface area contributed by atoms with Gasteiger partial charge in [0.1, 0.15) is 0 Å². The van der Waals surface area contributed by atoms with Crippen molar-refractivity contribution in [1.29, 1.82) is 0 Å². The summed E-state index contributed by atoms with van der Waals surface area (Å²) in [5.41, 5.74) is 6.20. The van der Waals surface area contributed by atoms with Gasteiger partial charge in [-0.3, -0.25) is 0 Å². The maximum Gasteiger partial charge on any atom is 0.0737 e. The first-order valence-electron chi connectivity index (χ1n) is 18.3. The molecule has 0 saturated carbocycles. The zero-order chi connectivity index (χ0) is 32.7. The van der Waals surface area contributed by atoms with Crippen LogP contribution >= 0.6 is 77.2 Å². The van der Waals surface area contributed by atoms with E-state index in [9.17, 15) is 0 Å². The molecule has 46 heavy (non-hydrogen) atoms. The summed E-state index contributed by atoms with van der Waals surface area (Å²) in [5, 5.41) is 0. The SMILES string of the molecule is CCCCCCc1cc(-c2sc(-c3sc(-c4sc(Br)cc4CCCCCC)cc3CCCCCC)cc2CCCCCC)sc1Br. The summed E-state index contributed by atoms with van der Waals surface area (Å²) in [4.78, 5) is 9.01. The van der Waals surface area contributed by atoms with Gasteiger partial charge in [0.05, 0.1) is 7.57 Å². The van der Waals surface area contributed by atoms with E-state index in [0.717, 1.165) is 0 Å². The van der Waals surface area contributed by atoms with Gasteiger partial charge in [0.25, 0.3) is 0 Å². The highest BCUT2D eigenvalue weighted by molar-refractivity contribution is 9.11. The van der Waals surface area contributed by atoms with Gasteiger partial charge in [-0.2, -0.15) is 0 Å². The van der Waals surface area contributed by atoms with E-state index in [0.29, 0.717) is 0 Å². The topological polar surface area (TPSA) is 0 Å². The summed E-state index contributed by atoms with van der Waals surface area (Å²) in [5.74, 6) is 0. The van der Waals surface area contributed by atoms with Crippen molar-refractivity contribution < 1.29 is 0 Å². The molecular weight excluding hydrogens is 769 g/mol. The van der Waals surface area contributed by atoms with E-state index in [1.54, 1.807) is 11.1 Å². The van der Waals surface area contributed by atoms with Crippen LogP contribution in [0.4, 0.5) is 0 Å². The fourth-order valence-electron chi connectivity index (χ4n) is 6.32. The van der Waals surface area contributed by atoms with Crippen LogP contribution in [0.2, 0.25) is 0 Å². The second kappa shape index (κ2) is 21.1. The van der Waals surface area contributed by atoms with Gasteiger partial charge < -0.3 is 0 Å². The zero-order valence-corrected chi connectivity index (χ0v) is 35.3. The third-order valence-electron chi connectivity index (χ3n) is 9.02. The lowest BCUT2D eigenvalue weighted by Crippen LogP contribution is -1.87. The summed E-state index contributed by atoms with van der Waals surface area (Å²) in [6, 6.07) is 10.1. The number of aryl methyl sites for hydroxylation is 4. The van der Waals surface area contributed by atoms with Gasteiger partial charge in [0.15, 0.2) is 0 Å². The molecule has 0 aliphatic heterocycles. The second-order valence-corrected chi connectivity index (χ2v) is 19.9. The average Bonchev–Trinajstić information content (AvgIpc) is 3.83. The lowest BCUT2D eigenvalue weighted by Gasteiger charge is -2.02. The Balaban J connectivity index is 1.70. The molecule has 4 rings (SSSR count). The molecule has 0 saturated heterocycles. The molecule has 0 fully saturated rings. The van der Waals surface area contributed by atoms with Gasteiger partial charge in [-0.15, -0.1) is 45.3 Å². The predicted octanol–water partition coefficient (Wildman–Crippen LogP) is 16.9. The number of rotatable bonds is 23. The first-order valence-corrected chi connectivity index (χ1v) is 23.2. The van der Waals surface area contributed by atoms with E-state index in [-0.39, 0.29) is 0 Å². The van der Waals surface area contributed by atoms with Crippen molar-refractivity contribution >= 4 is 77.2 Å². The minimum atomic E-state index is 1.19. The van der Waals surface area contributed by atoms with Crippen LogP contribution in [-0.4, -0.2) is 0 Å². The van der Waals surface area contributed by atoms with Gasteiger partial charge in [0.2, 0.25) is 0 Å². The van der Waals surface area contributed by atoms with Crippen molar-refractivity contribution in [3.8, 4) is 29.3 Å². The summed E-state index contributed by atoms with van der Waals surface area (Å²) < 4.78 is 2.62. The summed E-state index contributed by atoms with van der Waals surface area (Å²) in [7, 11) is 0. The van der Waals surface area contributed by atoms with Crippen LogP contribution in [0.15, 0.2) is 31.8 Å². The largest absolute Gasteiger partial charge is 0.133 e. The summed E-state index contributed by atoms with van der Waals surface area (Å²) >= 11 is 15.9. The molecule has 0 bridgehead atoms. The maximum absolute atomic E-state index is 3.97. The van der Waals surface area contributed by atoms with E-state index < -0.39 is 0 Å². The summed E-state index contributed by atoms with van der Waals surface area (Å²) in [6.45, 7) is 9.24. The van der Waals surface area contributed by atoms with Crippen LogP contribution in [-0.2, 0) is 25.7 Å². The molecule has 0 spiro atoms. The van der Waals surface area contributed by atoms with Crippen molar-refractivity contribution in [3.63, 3.8) is 0 Å². The standard InChI is InChI=1S/C40H56Br2S4/c1-5-9-13-17-21-29-26-34(39-31(28-36(41)46-39)23-19-15-11-7-3)44-37(29)33-25-30(22-18-14-10-6-2)38(43-33)35-27-32(40(42)45-35)24-20-16-12-8-4/h25-28H,5-24H2,1-4H3. The lowest BCUT2D eigenvalue weighted by atomic mass is 10.0. The number of hydrogen-bond acceptors (Lipinski definition) is 4. The van der Waals surface area contributed by atoms with Crippen molar-refractivity contribution in [3.05, 3.63) is 54.1 Å². The van der Waals surface area contributed by atoms with Crippen LogP contribution < -0.4 is 0 Å². The van der Waals surface area contributed by atoms with Gasteiger partial charge in [-0.25, -0.2) is 0 Å². The second-order valence-electron chi connectivity index (χ2n) is 13.0. The minimum Gasteiger partial charge on any atom is -0.133 e. The van der Waals surface area contributed by atoms with Crippen molar-refractivity contribution in [2.24, 2.45) is 0 Å². The third-order valence-corrected chi connectivity index (χ3v) is 15.6. The van der Waals surface area contributed by atoms with E-state index in [1.807, 2.05) is 22.7 Å². The fourth-order valence-corrected chi connectivity index (χ4v) is 12.6. The van der Waals surface area contributed by atoms with Crippen LogP contribution in [0, 0.1) is 0 Å². The Morgan fingerprint density at radius 2 is 0.739 bits per heavy atom. The Hall–Kier alpha value is -0.240. The molecule has 0 aliphatic carbocycles. The Labute approximate surface area is 314 Å². The van der Waals surface area contributed by atoms with Crippen molar-refractivity contribution in [2.75, 3.05) is 0 Å². The highest BCUT2D eigenvalue weighted by Crippen LogP contribution is 2.49. The maximum atomic E-state index is 3.97. The van der Waals surface area contributed by atoms with Gasteiger partial charge >= 0.3 is 0 Å². The molecule has 0 radical (unpaired) electrons. The molecule has 254 valence electrons. The van der Waals surface area contributed by atoms with Crippen molar-refractivity contribution in [1.82, 2.24) is 0 Å². The zero-order valence-electron chi connectivity index (χ0n) is 28.8. The molecular formula is C40H56Br2S4. The normalized spacial score (nSPS) is 11.7. The Bertz CT molecular complexity index is 1440. The first kappa shape index (κ1) is 38.6. The van der Waals surface area contributed by atoms with Crippen LogP contribution in [0.1, 0.15) is 153 Å². The number of thiophene rings is 4. The van der Waals surface area contributed by atoms with E-state index in [1.165, 1.54) is 176 Å². The van der Waals surface area contributed by atoms with Crippen LogP contribution in [0.3, 0.4) is 0 Å². The Kier molecular flexibility index (Phi) is 17.7. The highest BCUT2D eigenvalue weighted by atomic mass is 79.9. The Morgan fingerprint density at radius 3 is 1.17 bits per heavy atom. The van der Waals surface area contributed by atoms with Crippen LogP contribution in [0.5, 0.6) is 0 Å². The minimum absolute atomic E-state index is 1.19. The molecule has 0 nitrogen and oxygen atoms in total. The molecule has 0 unspecified atom stereocenters. The first-order chi connectivity index (χ1) is 22.5. The molecule has 0 N–H and O–H groups in total. The predicted molar refractivity (Wildman–Crippen MR) is 221 cm³/mol. The molecule has 0 aliphatic rings. The quantitative estimate of drug-likeness (QED) is 0.0654. The van der Waals surface area contributed by atoms with Crippen LogP contribution in [0.25, 0.3) is 29.3 Å². The van der Waals surface area contributed by atoms with E-state index in [2.05, 4.69) is 106 Å². The fraction of sp³-hybridized carbons (Fsp3) is 0.600. The molecule has 4 heterocycles. The van der Waals surface area contributed by atoms with Gasteiger partial charge in [-0.05, 0) is 130 Å². The number of halogens is 2. The molecule has 0 amide bonds.